The van der Waals surface area contributed by atoms with Gasteiger partial charge in [0, 0.05) is 0 Å². The number of H-pyrrole nitrogens is 1. The summed E-state index contributed by atoms with van der Waals surface area (Å²) in [6.45, 7) is 2.76. The van der Waals surface area contributed by atoms with E-state index >= 15 is 0 Å². The highest BCUT2D eigenvalue weighted by molar-refractivity contribution is 7.85. The standard InChI is InChI=1S/C16H23N5O9S/c1-7(2)3-8(22)14(25)20-31(27,28)29-4-9-11(23)12(24)16(30-9)21-6-19-10-13(21)17-5-18-15(10)26/h5-9,11-12,16,22-24H,3-4H2,1-2H3,(H,20,25)(H,17,18,26)/t8-,9+,11+,12+,16+/m0/s1. The van der Waals surface area contributed by atoms with E-state index in [4.69, 9.17) is 4.74 Å². The molecule has 1 aliphatic rings. The Morgan fingerprint density at radius 2 is 2.06 bits per heavy atom. The zero-order valence-electron chi connectivity index (χ0n) is 16.6. The van der Waals surface area contributed by atoms with Crippen molar-refractivity contribution in [3.05, 3.63) is 23.0 Å². The summed E-state index contributed by atoms with van der Waals surface area (Å²) in [6, 6.07) is 0. The van der Waals surface area contributed by atoms with Gasteiger partial charge in [-0.05, 0) is 12.3 Å². The number of aromatic nitrogens is 4. The summed E-state index contributed by atoms with van der Waals surface area (Å²) in [5.74, 6) is -1.20. The Morgan fingerprint density at radius 1 is 1.35 bits per heavy atom. The number of carbonyl (C=O) groups is 1. The number of nitrogens with zero attached hydrogens (tertiary/aromatic N) is 3. The van der Waals surface area contributed by atoms with Crippen molar-refractivity contribution >= 4 is 27.4 Å². The summed E-state index contributed by atoms with van der Waals surface area (Å²) >= 11 is 0. The SMILES string of the molecule is CC(C)C[C@H](O)C(=O)NS(=O)(=O)OC[C@H]1O[C@@H](n2cnc3c(=O)[nH]cnc32)[C@H](O)[C@@H]1O. The van der Waals surface area contributed by atoms with E-state index in [-0.39, 0.29) is 23.5 Å². The Morgan fingerprint density at radius 3 is 2.74 bits per heavy atom. The van der Waals surface area contributed by atoms with Crippen LogP contribution in [0.3, 0.4) is 0 Å². The van der Waals surface area contributed by atoms with Gasteiger partial charge >= 0.3 is 10.3 Å². The number of aromatic amines is 1. The zero-order chi connectivity index (χ0) is 22.9. The summed E-state index contributed by atoms with van der Waals surface area (Å²) in [4.78, 5) is 33.7. The van der Waals surface area contributed by atoms with Gasteiger partial charge in [-0.2, -0.15) is 8.42 Å². The Hall–Kier alpha value is -2.43. The van der Waals surface area contributed by atoms with Crippen molar-refractivity contribution in [2.24, 2.45) is 5.92 Å². The summed E-state index contributed by atoms with van der Waals surface area (Å²) in [6.07, 6.45) is -4.77. The molecule has 3 heterocycles. The number of imidazole rings is 1. The van der Waals surface area contributed by atoms with Gasteiger partial charge < -0.3 is 25.0 Å². The van der Waals surface area contributed by atoms with E-state index in [0.717, 1.165) is 6.33 Å². The Kier molecular flexibility index (Phi) is 6.73. The number of aliphatic hydroxyl groups is 3. The molecular weight excluding hydrogens is 438 g/mol. The fourth-order valence-corrected chi connectivity index (χ4v) is 3.83. The molecule has 1 amide bonds. The highest BCUT2D eigenvalue weighted by Gasteiger charge is 2.45. The lowest BCUT2D eigenvalue weighted by Crippen LogP contribution is -2.42. The van der Waals surface area contributed by atoms with Crippen molar-refractivity contribution in [3.8, 4) is 0 Å². The molecule has 0 aliphatic carbocycles. The third kappa shape index (κ3) is 5.08. The van der Waals surface area contributed by atoms with Gasteiger partial charge in [-0.25, -0.2) is 14.7 Å². The van der Waals surface area contributed by atoms with E-state index in [9.17, 15) is 33.3 Å². The van der Waals surface area contributed by atoms with Gasteiger partial charge in [0.15, 0.2) is 17.4 Å². The first-order valence-corrected chi connectivity index (χ1v) is 10.7. The first kappa shape index (κ1) is 23.2. The molecule has 1 aliphatic heterocycles. The molecule has 0 aromatic carbocycles. The first-order valence-electron chi connectivity index (χ1n) is 9.31. The van der Waals surface area contributed by atoms with Crippen LogP contribution in [0.25, 0.3) is 11.2 Å². The molecule has 2 aromatic rings. The van der Waals surface area contributed by atoms with Crippen LogP contribution in [0, 0.1) is 5.92 Å². The number of nitrogens with one attached hydrogen (secondary N) is 2. The van der Waals surface area contributed by atoms with Gasteiger partial charge in [-0.3, -0.25) is 18.3 Å². The molecule has 14 nitrogen and oxygen atoms in total. The topological polar surface area (TPSA) is 206 Å². The van der Waals surface area contributed by atoms with Crippen molar-refractivity contribution in [1.29, 1.82) is 0 Å². The van der Waals surface area contributed by atoms with Crippen LogP contribution in [0.1, 0.15) is 26.5 Å². The molecular formula is C16H23N5O9S. The fraction of sp³-hybridized carbons (Fsp3) is 0.625. The van der Waals surface area contributed by atoms with Crippen LogP contribution in [0.15, 0.2) is 17.4 Å². The zero-order valence-corrected chi connectivity index (χ0v) is 17.4. The minimum absolute atomic E-state index is 0.0160. The summed E-state index contributed by atoms with van der Waals surface area (Å²) in [5.41, 5.74) is -0.448. The van der Waals surface area contributed by atoms with Crippen molar-refractivity contribution in [1.82, 2.24) is 24.2 Å². The lowest BCUT2D eigenvalue weighted by atomic mass is 10.1. The van der Waals surface area contributed by atoms with Crippen molar-refractivity contribution < 1.29 is 37.5 Å². The molecule has 0 saturated carbocycles. The number of fused-ring (bicyclic) bond motifs is 1. The number of hydrogen-bond acceptors (Lipinski definition) is 11. The molecule has 0 radical (unpaired) electrons. The molecule has 0 bridgehead atoms. The number of amides is 1. The molecule has 5 N–H and O–H groups in total. The predicted molar refractivity (Wildman–Crippen MR) is 103 cm³/mol. The quantitative estimate of drug-likeness (QED) is 0.278. The second kappa shape index (κ2) is 8.97. The average Bonchev–Trinajstić information content (AvgIpc) is 3.22. The van der Waals surface area contributed by atoms with Gasteiger partial charge in [-0.15, -0.1) is 0 Å². The number of rotatable bonds is 8. The number of aliphatic hydroxyl groups excluding tert-OH is 3. The second-order valence-corrected chi connectivity index (χ2v) is 8.80. The van der Waals surface area contributed by atoms with Gasteiger partial charge in [0.05, 0.1) is 19.3 Å². The Labute approximate surface area is 176 Å². The summed E-state index contributed by atoms with van der Waals surface area (Å²) in [5, 5.41) is 30.2. The molecule has 1 fully saturated rings. The smallest absolute Gasteiger partial charge is 0.362 e. The molecule has 0 spiro atoms. The maximum Gasteiger partial charge on any atom is 0.362 e. The summed E-state index contributed by atoms with van der Waals surface area (Å²) in [7, 11) is -4.61. The minimum Gasteiger partial charge on any atom is -0.387 e. The van der Waals surface area contributed by atoms with E-state index in [1.807, 2.05) is 0 Å². The van der Waals surface area contributed by atoms with Crippen LogP contribution in [0.2, 0.25) is 0 Å². The van der Waals surface area contributed by atoms with Crippen LogP contribution in [-0.2, 0) is 24.0 Å². The van der Waals surface area contributed by atoms with Gasteiger partial charge in [0.25, 0.3) is 11.5 Å². The Bertz CT molecular complexity index is 1100. The highest BCUT2D eigenvalue weighted by atomic mass is 32.2. The molecule has 3 rings (SSSR count). The van der Waals surface area contributed by atoms with Crippen molar-refractivity contribution in [2.75, 3.05) is 6.61 Å². The molecule has 31 heavy (non-hydrogen) atoms. The lowest BCUT2D eigenvalue weighted by molar-refractivity contribution is -0.128. The maximum atomic E-state index is 12.0. The van der Waals surface area contributed by atoms with Crippen molar-refractivity contribution in [3.63, 3.8) is 0 Å². The fourth-order valence-electron chi connectivity index (χ4n) is 3.08. The Balaban J connectivity index is 1.66. The average molecular weight is 461 g/mol. The second-order valence-electron chi connectivity index (χ2n) is 7.45. The highest BCUT2D eigenvalue weighted by Crippen LogP contribution is 2.31. The maximum absolute atomic E-state index is 12.0. The monoisotopic (exact) mass is 461 g/mol. The number of hydrogen-bond donors (Lipinski definition) is 5. The van der Waals surface area contributed by atoms with Gasteiger partial charge in [0.2, 0.25) is 0 Å². The van der Waals surface area contributed by atoms with E-state index in [1.54, 1.807) is 18.6 Å². The van der Waals surface area contributed by atoms with E-state index in [2.05, 4.69) is 19.1 Å². The summed E-state index contributed by atoms with van der Waals surface area (Å²) < 4.78 is 36.9. The third-order valence-corrected chi connectivity index (χ3v) is 5.48. The normalized spacial score (nSPS) is 25.2. The lowest BCUT2D eigenvalue weighted by Gasteiger charge is -2.16. The number of ether oxygens (including phenoxy) is 1. The molecule has 2 aromatic heterocycles. The largest absolute Gasteiger partial charge is 0.387 e. The molecule has 1 saturated heterocycles. The van der Waals surface area contributed by atoms with E-state index in [0.29, 0.717) is 0 Å². The van der Waals surface area contributed by atoms with Crippen molar-refractivity contribution in [2.45, 2.75) is 50.9 Å². The molecule has 0 unspecified atom stereocenters. The van der Waals surface area contributed by atoms with Crippen LogP contribution < -0.4 is 10.3 Å². The number of carbonyl (C=O) groups excluding carboxylic acids is 1. The third-order valence-electron chi connectivity index (χ3n) is 4.59. The van der Waals surface area contributed by atoms with Crippen LogP contribution in [-0.4, -0.2) is 80.2 Å². The van der Waals surface area contributed by atoms with Crippen LogP contribution >= 0.6 is 0 Å². The van der Waals surface area contributed by atoms with Gasteiger partial charge in [-0.1, -0.05) is 13.8 Å². The first-order chi connectivity index (χ1) is 14.5. The minimum atomic E-state index is -4.61. The molecule has 5 atom stereocenters. The molecule has 172 valence electrons. The van der Waals surface area contributed by atoms with Crippen LogP contribution in [0.5, 0.6) is 0 Å². The van der Waals surface area contributed by atoms with E-state index < -0.39 is 59.0 Å². The molecule has 15 heteroatoms. The van der Waals surface area contributed by atoms with Gasteiger partial charge in [0.1, 0.15) is 24.4 Å². The predicted octanol–water partition coefficient (Wildman–Crippen LogP) is -2.48. The van der Waals surface area contributed by atoms with E-state index in [1.165, 1.54) is 10.9 Å². The van der Waals surface area contributed by atoms with Crippen LogP contribution in [0.4, 0.5) is 0 Å².